The lowest BCUT2D eigenvalue weighted by molar-refractivity contribution is -0.120. The van der Waals surface area contributed by atoms with E-state index in [0.717, 1.165) is 46.9 Å². The number of hydrogen-bond donors (Lipinski definition) is 1. The van der Waals surface area contributed by atoms with Crippen molar-refractivity contribution in [1.29, 1.82) is 0 Å². The number of rotatable bonds is 11. The minimum atomic E-state index is -3.78. The van der Waals surface area contributed by atoms with Gasteiger partial charge in [-0.1, -0.05) is 42.3 Å². The largest absolute Gasteiger partial charge is 0.370 e. The number of piperidine rings is 1. The molecule has 206 valence electrons. The summed E-state index contributed by atoms with van der Waals surface area (Å²) in [4.78, 5) is 31.7. The Morgan fingerprint density at radius 1 is 1.23 bits per heavy atom. The number of thiophene rings is 1. The van der Waals surface area contributed by atoms with Gasteiger partial charge in [0.1, 0.15) is 10.3 Å². The minimum Gasteiger partial charge on any atom is -0.370 e. The van der Waals surface area contributed by atoms with E-state index >= 15 is 0 Å². The number of hydrogen-bond acceptors (Lipinski definition) is 7. The fraction of sp³-hybridized carbons (Fsp3) is 0.345. The molecular weight excluding hydrogens is 532 g/mol. The predicted molar refractivity (Wildman–Crippen MR) is 160 cm³/mol. The SMILES string of the molecule is C=NCC/C(=C\C)CN(C)c1ccc(NC(=O)C2CCCCN2S(=O)(=O)c2cccs2)c2cccc(C=O)c12. The lowest BCUT2D eigenvalue weighted by atomic mass is 9.99. The third kappa shape index (κ3) is 6.13. The number of carbonyl (C=O) groups is 2. The van der Waals surface area contributed by atoms with E-state index in [1.54, 1.807) is 29.6 Å². The van der Waals surface area contributed by atoms with E-state index in [2.05, 4.69) is 28.0 Å². The highest BCUT2D eigenvalue weighted by Crippen LogP contribution is 2.35. The molecule has 0 bridgehead atoms. The van der Waals surface area contributed by atoms with Crippen molar-refractivity contribution >= 4 is 62.4 Å². The summed E-state index contributed by atoms with van der Waals surface area (Å²) in [5, 5.41) is 6.16. The zero-order chi connectivity index (χ0) is 28.0. The van der Waals surface area contributed by atoms with Gasteiger partial charge in [0.15, 0.2) is 6.29 Å². The Labute approximate surface area is 234 Å². The molecule has 1 aliphatic rings. The van der Waals surface area contributed by atoms with Gasteiger partial charge in [0.05, 0.1) is 0 Å². The number of sulfonamides is 1. The number of nitrogens with zero attached hydrogens (tertiary/aromatic N) is 3. The molecule has 1 saturated heterocycles. The topological polar surface area (TPSA) is 99.2 Å². The second-order valence-corrected chi connectivity index (χ2v) is 12.6. The summed E-state index contributed by atoms with van der Waals surface area (Å²) >= 11 is 1.15. The minimum absolute atomic E-state index is 0.236. The van der Waals surface area contributed by atoms with Crippen LogP contribution in [0.15, 0.2) is 68.7 Å². The summed E-state index contributed by atoms with van der Waals surface area (Å²) < 4.78 is 28.2. The first-order valence-electron chi connectivity index (χ1n) is 13.0. The Hall–Kier alpha value is -3.34. The van der Waals surface area contributed by atoms with Gasteiger partial charge in [0.2, 0.25) is 5.91 Å². The van der Waals surface area contributed by atoms with Crippen LogP contribution < -0.4 is 10.2 Å². The van der Waals surface area contributed by atoms with Gasteiger partial charge in [-0.15, -0.1) is 11.3 Å². The summed E-state index contributed by atoms with van der Waals surface area (Å²) in [5.74, 6) is -0.373. The van der Waals surface area contributed by atoms with Crippen molar-refractivity contribution in [2.75, 3.05) is 36.9 Å². The lowest BCUT2D eigenvalue weighted by Crippen LogP contribution is -2.49. The highest BCUT2D eigenvalue weighted by atomic mass is 32.2. The average molecular weight is 567 g/mol. The fourth-order valence-corrected chi connectivity index (χ4v) is 7.84. The highest BCUT2D eigenvalue weighted by Gasteiger charge is 2.38. The molecule has 1 amide bonds. The maximum Gasteiger partial charge on any atom is 0.253 e. The molecule has 1 unspecified atom stereocenters. The van der Waals surface area contributed by atoms with Gasteiger partial charge in [-0.25, -0.2) is 8.42 Å². The maximum atomic E-state index is 13.6. The fourth-order valence-electron chi connectivity index (χ4n) is 5.06. The van der Waals surface area contributed by atoms with Crippen LogP contribution in [0.2, 0.25) is 0 Å². The van der Waals surface area contributed by atoms with Crippen molar-refractivity contribution in [3.05, 3.63) is 65.1 Å². The number of aldehydes is 1. The summed E-state index contributed by atoms with van der Waals surface area (Å²) in [6.07, 6.45) is 5.60. The molecule has 0 spiro atoms. The zero-order valence-electron chi connectivity index (χ0n) is 22.3. The standard InChI is InChI=1S/C29H34N4O4S2/c1-4-21(15-16-30-2)19-32(3)25-14-13-24(23-10-7-9-22(20-34)28(23)25)31-29(35)26-11-5-6-17-33(26)39(36,37)27-12-8-18-38-27/h4,7-10,12-14,18,20,26H,2,5-6,11,15-17,19H2,1,3H3,(H,31,35)/b21-4+. The van der Waals surface area contributed by atoms with Crippen molar-refractivity contribution in [2.45, 2.75) is 42.9 Å². The molecule has 39 heavy (non-hydrogen) atoms. The summed E-state index contributed by atoms with van der Waals surface area (Å²) in [6.45, 7) is 7.15. The van der Waals surface area contributed by atoms with Gasteiger partial charge in [-0.2, -0.15) is 4.31 Å². The van der Waals surface area contributed by atoms with E-state index in [-0.39, 0.29) is 10.1 Å². The number of amides is 1. The summed E-state index contributed by atoms with van der Waals surface area (Å²) in [6, 6.07) is 11.6. The van der Waals surface area contributed by atoms with Crippen molar-refractivity contribution in [3.8, 4) is 0 Å². The summed E-state index contributed by atoms with van der Waals surface area (Å²) in [7, 11) is -1.81. The second kappa shape index (κ2) is 12.7. The molecule has 4 rings (SSSR count). The van der Waals surface area contributed by atoms with Crippen LogP contribution in [0.1, 0.15) is 43.0 Å². The van der Waals surface area contributed by atoms with Gasteiger partial charge < -0.3 is 15.2 Å². The summed E-state index contributed by atoms with van der Waals surface area (Å²) in [5.41, 5.74) is 3.11. The number of likely N-dealkylation sites (N-methyl/N-ethyl adjacent to an activating group) is 1. The first kappa shape index (κ1) is 28.7. The Morgan fingerprint density at radius 2 is 2.05 bits per heavy atom. The molecule has 0 aliphatic carbocycles. The van der Waals surface area contributed by atoms with E-state index in [1.165, 1.54) is 9.88 Å². The Morgan fingerprint density at radius 3 is 2.74 bits per heavy atom. The molecule has 1 aliphatic heterocycles. The monoisotopic (exact) mass is 566 g/mol. The zero-order valence-corrected chi connectivity index (χ0v) is 23.9. The quantitative estimate of drug-likeness (QED) is 0.191. The Bertz CT molecular complexity index is 1480. The molecule has 1 fully saturated rings. The number of fused-ring (bicyclic) bond motifs is 1. The van der Waals surface area contributed by atoms with E-state index in [9.17, 15) is 18.0 Å². The number of nitrogens with one attached hydrogen (secondary N) is 1. The third-order valence-electron chi connectivity index (χ3n) is 7.10. The van der Waals surface area contributed by atoms with Crippen LogP contribution in [0.3, 0.4) is 0 Å². The van der Waals surface area contributed by atoms with E-state index < -0.39 is 16.1 Å². The molecule has 10 heteroatoms. The van der Waals surface area contributed by atoms with Gasteiger partial charge in [-0.05, 0) is 56.5 Å². The van der Waals surface area contributed by atoms with E-state index in [0.29, 0.717) is 43.7 Å². The molecule has 1 atom stereocenters. The van der Waals surface area contributed by atoms with Crippen LogP contribution in [-0.2, 0) is 14.8 Å². The van der Waals surface area contributed by atoms with Crippen LogP contribution in [-0.4, -0.2) is 64.4 Å². The van der Waals surface area contributed by atoms with Gasteiger partial charge in [0, 0.05) is 54.4 Å². The first-order chi connectivity index (χ1) is 18.8. The van der Waals surface area contributed by atoms with Gasteiger partial charge in [-0.3, -0.25) is 9.59 Å². The molecule has 0 radical (unpaired) electrons. The highest BCUT2D eigenvalue weighted by molar-refractivity contribution is 7.91. The Kier molecular flexibility index (Phi) is 9.32. The molecule has 8 nitrogen and oxygen atoms in total. The van der Waals surface area contributed by atoms with Crippen LogP contribution in [0, 0.1) is 0 Å². The van der Waals surface area contributed by atoms with Crippen molar-refractivity contribution < 1.29 is 18.0 Å². The molecule has 1 N–H and O–H groups in total. The lowest BCUT2D eigenvalue weighted by Gasteiger charge is -2.33. The van der Waals surface area contributed by atoms with E-state index in [4.69, 9.17) is 0 Å². The third-order valence-corrected chi connectivity index (χ3v) is 10.4. The first-order valence-corrected chi connectivity index (χ1v) is 15.3. The number of carbonyl (C=O) groups excluding carboxylic acids is 2. The van der Waals surface area contributed by atoms with Gasteiger partial charge >= 0.3 is 0 Å². The maximum absolute atomic E-state index is 13.6. The molecule has 0 saturated carbocycles. The van der Waals surface area contributed by atoms with Crippen LogP contribution in [0.4, 0.5) is 11.4 Å². The Balaban J connectivity index is 1.67. The number of aliphatic imine (C=N–C) groups is 1. The average Bonchev–Trinajstić information content (AvgIpc) is 3.51. The van der Waals surface area contributed by atoms with E-state index in [1.807, 2.05) is 32.2 Å². The van der Waals surface area contributed by atoms with Gasteiger partial charge in [0.25, 0.3) is 10.0 Å². The van der Waals surface area contributed by atoms with Crippen LogP contribution in [0.5, 0.6) is 0 Å². The predicted octanol–water partition coefficient (Wildman–Crippen LogP) is 5.37. The molecule has 1 aromatic heterocycles. The smallest absolute Gasteiger partial charge is 0.253 e. The number of allylic oxidation sites excluding steroid dienone is 1. The second-order valence-electron chi connectivity index (χ2n) is 9.57. The van der Waals surface area contributed by atoms with Crippen molar-refractivity contribution in [3.63, 3.8) is 0 Å². The molecule has 2 aromatic carbocycles. The molecular formula is C29H34N4O4S2. The molecule has 3 aromatic rings. The normalized spacial score (nSPS) is 16.7. The van der Waals surface area contributed by atoms with Crippen molar-refractivity contribution in [1.82, 2.24) is 4.31 Å². The number of anilines is 2. The van der Waals surface area contributed by atoms with Crippen molar-refractivity contribution in [2.24, 2.45) is 4.99 Å². The number of benzene rings is 2. The molecule has 2 heterocycles. The van der Waals surface area contributed by atoms with Crippen LogP contribution in [0.25, 0.3) is 10.8 Å². The van der Waals surface area contributed by atoms with Crippen LogP contribution >= 0.6 is 11.3 Å².